The average molecular weight is 716 g/mol. The van der Waals surface area contributed by atoms with Crippen LogP contribution in [0.25, 0.3) is 0 Å². The summed E-state index contributed by atoms with van der Waals surface area (Å²) in [7, 11) is 3.45. The van der Waals surface area contributed by atoms with Crippen LogP contribution in [-0.4, -0.2) is 50.4 Å². The van der Waals surface area contributed by atoms with Gasteiger partial charge in [0.15, 0.2) is 0 Å². The van der Waals surface area contributed by atoms with E-state index in [0.717, 1.165) is 0 Å². The second-order valence-electron chi connectivity index (χ2n) is 8.45. The number of quaternary nitrogens is 2. The standard InChI is InChI=1S/C17H39I3N2O4/c1-14(2,3)21(19-10,23-12)25-16(6,7)15(4,5)22(20-11,24-13)26-17(8,9)18/h1-13H3. The third kappa shape index (κ3) is 5.76. The van der Waals surface area contributed by atoms with E-state index < -0.39 is 54.1 Å². The quantitative estimate of drug-likeness (QED) is 0.118. The van der Waals surface area contributed by atoms with Gasteiger partial charge in [-0.25, -0.2) is 0 Å². The molecule has 9 heteroatoms. The number of hydrogen-bond acceptors (Lipinski definition) is 4. The van der Waals surface area contributed by atoms with Crippen LogP contribution < -0.4 is 43.0 Å². The second kappa shape index (κ2) is 9.40. The zero-order valence-corrected chi connectivity index (χ0v) is 25.1. The Morgan fingerprint density at radius 2 is 1.08 bits per heavy atom. The van der Waals surface area contributed by atoms with Gasteiger partial charge >= 0.3 is 198 Å². The Hall–Kier alpha value is 1.95. The van der Waals surface area contributed by atoms with E-state index >= 15 is 0 Å². The van der Waals surface area contributed by atoms with Gasteiger partial charge in [0.05, 0.1) is 0 Å². The molecular formula is C17H39I3N2O4. The number of hydroxylamine groups is 4. The van der Waals surface area contributed by atoms with E-state index in [2.05, 4.69) is 80.9 Å². The van der Waals surface area contributed by atoms with Gasteiger partial charge < -0.3 is 0 Å². The summed E-state index contributed by atoms with van der Waals surface area (Å²) in [6, 6.07) is 0. The van der Waals surface area contributed by atoms with E-state index in [9.17, 15) is 0 Å². The van der Waals surface area contributed by atoms with Crippen LogP contribution in [0.5, 0.6) is 0 Å². The molecule has 2 unspecified atom stereocenters. The minimum absolute atomic E-state index is 0.130. The zero-order valence-electron chi connectivity index (χ0n) is 18.7. The van der Waals surface area contributed by atoms with Gasteiger partial charge in [-0.3, -0.25) is 0 Å². The van der Waals surface area contributed by atoms with Gasteiger partial charge in [-0.2, -0.15) is 0 Å². The van der Waals surface area contributed by atoms with Crippen molar-refractivity contribution in [1.82, 2.24) is 0 Å². The van der Waals surface area contributed by atoms with E-state index in [4.69, 9.17) is 19.4 Å². The summed E-state index contributed by atoms with van der Waals surface area (Å²) in [6.07, 6.45) is 0. The summed E-state index contributed by atoms with van der Waals surface area (Å²) in [6.45, 7) is 19.1. The van der Waals surface area contributed by atoms with Crippen LogP contribution in [0.2, 0.25) is 0 Å². The van der Waals surface area contributed by atoms with Crippen molar-refractivity contribution in [1.29, 1.82) is 0 Å². The summed E-state index contributed by atoms with van der Waals surface area (Å²) in [5.41, 5.74) is -1.25. The molecule has 0 aromatic rings. The predicted molar refractivity (Wildman–Crippen MR) is 105 cm³/mol. The monoisotopic (exact) mass is 716 g/mol. The molecule has 2 atom stereocenters. The van der Waals surface area contributed by atoms with Gasteiger partial charge in [0.2, 0.25) is 0 Å². The fourth-order valence-corrected chi connectivity index (χ4v) is 8.56. The Morgan fingerprint density at radius 1 is 0.692 bits per heavy atom. The number of halogens is 3. The Bertz CT molecular complexity index is 452. The van der Waals surface area contributed by atoms with Crippen molar-refractivity contribution in [2.24, 2.45) is 0 Å². The molecule has 0 heterocycles. The molecule has 0 bridgehead atoms. The molecule has 0 saturated carbocycles. The van der Waals surface area contributed by atoms with Crippen molar-refractivity contribution in [2.75, 3.05) is 24.1 Å². The molecule has 0 aromatic heterocycles. The predicted octanol–water partition coefficient (Wildman–Crippen LogP) is -1.60. The summed E-state index contributed by atoms with van der Waals surface area (Å²) in [5, 5.41) is 0. The Balaban J connectivity index is 6.20. The molecule has 0 spiro atoms. The van der Waals surface area contributed by atoms with E-state index in [1.165, 1.54) is 0 Å². The summed E-state index contributed by atoms with van der Waals surface area (Å²) in [4.78, 5) is 29.6. The fraction of sp³-hybridized carbons (Fsp3) is 1.00. The number of rotatable bonds is 10. The van der Waals surface area contributed by atoms with Crippen LogP contribution in [-0.2, 0) is 19.4 Å². The summed E-state index contributed by atoms with van der Waals surface area (Å²) < 4.78 is -0.0435. The van der Waals surface area contributed by atoms with Crippen molar-refractivity contribution < 1.29 is 68.4 Å². The van der Waals surface area contributed by atoms with E-state index in [-0.39, 0.29) is 15.2 Å². The summed E-state index contributed by atoms with van der Waals surface area (Å²) >= 11 is 1.42. The molecule has 0 saturated heterocycles. The first-order chi connectivity index (χ1) is 11.4. The molecular weight excluding hydrogens is 677 g/mol. The fourth-order valence-electron chi connectivity index (χ4n) is 2.51. The Kier molecular flexibility index (Phi) is 10.1. The normalized spacial score (nSPS) is 19.5. The van der Waals surface area contributed by atoms with Gasteiger partial charge in [-0.05, 0) is 0 Å². The van der Waals surface area contributed by atoms with Gasteiger partial charge in [0, 0.05) is 0 Å². The third-order valence-corrected chi connectivity index (χ3v) is 11.1. The molecule has 26 heavy (non-hydrogen) atoms. The second-order valence-corrected chi connectivity index (χ2v) is 15.5. The van der Waals surface area contributed by atoms with Gasteiger partial charge in [-0.15, -0.1) is 0 Å². The molecule has 0 aromatic carbocycles. The Labute approximate surface area is 196 Å². The van der Waals surface area contributed by atoms with Crippen molar-refractivity contribution in [3.63, 3.8) is 0 Å². The van der Waals surface area contributed by atoms with Crippen LogP contribution in [0.15, 0.2) is 0 Å². The van der Waals surface area contributed by atoms with Gasteiger partial charge in [0.1, 0.15) is 0 Å². The molecule has 0 aliphatic rings. The van der Waals surface area contributed by atoms with Crippen LogP contribution in [0, 0.1) is 0 Å². The SMILES string of the molecule is CO[N+](OC(C)(C)C(C)(C)[N+](OC)(OC(C)(C)I)[I-]C)([I-]C)C(C)(C)C. The Morgan fingerprint density at radius 3 is 1.31 bits per heavy atom. The number of alkyl halides is 3. The molecule has 0 radical (unpaired) electrons. The van der Waals surface area contributed by atoms with E-state index in [1.807, 2.05) is 13.8 Å². The van der Waals surface area contributed by atoms with Crippen molar-refractivity contribution in [3.05, 3.63) is 0 Å². The molecule has 0 rings (SSSR count). The number of hydrogen-bond donors (Lipinski definition) is 0. The average Bonchev–Trinajstić information content (AvgIpc) is 2.47. The molecule has 0 fully saturated rings. The first-order valence-electron chi connectivity index (χ1n) is 8.44. The van der Waals surface area contributed by atoms with E-state index in [1.54, 1.807) is 14.2 Å². The molecule has 0 N–H and O–H groups in total. The van der Waals surface area contributed by atoms with Gasteiger partial charge in [-0.1, -0.05) is 0 Å². The van der Waals surface area contributed by atoms with Crippen molar-refractivity contribution in [3.8, 4) is 0 Å². The third-order valence-electron chi connectivity index (χ3n) is 4.54. The van der Waals surface area contributed by atoms with E-state index in [0.29, 0.717) is 0 Å². The van der Waals surface area contributed by atoms with Crippen LogP contribution >= 0.6 is 22.6 Å². The maximum atomic E-state index is 6.78. The first-order valence-corrected chi connectivity index (χ1v) is 15.8. The van der Waals surface area contributed by atoms with Crippen LogP contribution in [0.4, 0.5) is 0 Å². The first kappa shape index (κ1) is 27.9. The molecule has 0 aliphatic heterocycles. The zero-order chi connectivity index (χ0) is 21.2. The molecule has 0 aliphatic carbocycles. The molecule has 0 amide bonds. The topological polar surface area (TPSA) is 36.9 Å². The minimum atomic E-state index is -0.584. The maximum absolute atomic E-state index is 6.78. The van der Waals surface area contributed by atoms with Gasteiger partial charge in [0.25, 0.3) is 0 Å². The number of nitrogens with zero attached hydrogens (tertiary/aromatic N) is 2. The molecule has 162 valence electrons. The van der Waals surface area contributed by atoms with Crippen molar-refractivity contribution >= 4 is 22.6 Å². The van der Waals surface area contributed by atoms with Crippen LogP contribution in [0.3, 0.4) is 0 Å². The van der Waals surface area contributed by atoms with Crippen molar-refractivity contribution in [2.45, 2.75) is 82.6 Å². The van der Waals surface area contributed by atoms with Crippen LogP contribution in [0.1, 0.15) is 62.3 Å². The summed E-state index contributed by atoms with van der Waals surface area (Å²) in [5.74, 6) is 0. The molecule has 6 nitrogen and oxygen atoms in total.